The van der Waals surface area contributed by atoms with E-state index < -0.39 is 25.6 Å². The first-order chi connectivity index (χ1) is 10.8. The molecule has 0 aromatic carbocycles. The maximum atomic E-state index is 12.3. The second-order valence-corrected chi connectivity index (χ2v) is 7.78. The molecule has 23 heavy (non-hydrogen) atoms. The molecule has 130 valence electrons. The van der Waals surface area contributed by atoms with Gasteiger partial charge in [0.05, 0.1) is 25.4 Å². The maximum absolute atomic E-state index is 12.3. The molecule has 1 heterocycles. The van der Waals surface area contributed by atoms with Gasteiger partial charge < -0.3 is 19.1 Å². The lowest BCUT2D eigenvalue weighted by Crippen LogP contribution is -2.19. The smallest absolute Gasteiger partial charge is 0.341 e. The van der Waals surface area contributed by atoms with Crippen molar-refractivity contribution < 1.29 is 27.9 Å². The van der Waals surface area contributed by atoms with E-state index in [9.17, 15) is 14.2 Å². The predicted octanol–water partition coefficient (Wildman–Crippen LogP) is 3.44. The molecule has 0 unspecified atom stereocenters. The van der Waals surface area contributed by atoms with Gasteiger partial charge in [0.25, 0.3) is 0 Å². The molecule has 1 aromatic rings. The Kier molecular flexibility index (Phi) is 7.91. The van der Waals surface area contributed by atoms with Gasteiger partial charge in [0, 0.05) is 4.88 Å². The van der Waals surface area contributed by atoms with E-state index in [1.54, 1.807) is 26.8 Å². The van der Waals surface area contributed by atoms with E-state index in [2.05, 4.69) is 5.32 Å². The van der Waals surface area contributed by atoms with Crippen LogP contribution in [-0.4, -0.2) is 37.9 Å². The summed E-state index contributed by atoms with van der Waals surface area (Å²) < 4.78 is 27.5. The number of aryl methyl sites for hydroxylation is 1. The van der Waals surface area contributed by atoms with Crippen molar-refractivity contribution in [2.45, 2.75) is 27.7 Å². The molecule has 0 radical (unpaired) electrons. The number of ether oxygens (including phenoxy) is 1. The molecule has 0 bridgehead atoms. The molecule has 0 fully saturated rings. The summed E-state index contributed by atoms with van der Waals surface area (Å²) in [4.78, 5) is 24.9. The van der Waals surface area contributed by atoms with Crippen LogP contribution in [0.15, 0.2) is 6.07 Å². The minimum atomic E-state index is -3.48. The fourth-order valence-corrected chi connectivity index (χ4v) is 4.22. The fraction of sp³-hybridized carbons (Fsp3) is 0.571. The van der Waals surface area contributed by atoms with Gasteiger partial charge in [-0.2, -0.15) is 0 Å². The Morgan fingerprint density at radius 3 is 2.30 bits per heavy atom. The molecular formula is C14H22NO6PS. The van der Waals surface area contributed by atoms with Crippen LogP contribution in [0.2, 0.25) is 0 Å². The van der Waals surface area contributed by atoms with Crippen LogP contribution >= 0.6 is 18.9 Å². The minimum Gasteiger partial charge on any atom is -0.462 e. The van der Waals surface area contributed by atoms with Crippen LogP contribution in [0.25, 0.3) is 0 Å². The number of hydrogen-bond acceptors (Lipinski definition) is 7. The van der Waals surface area contributed by atoms with Crippen molar-refractivity contribution in [2.24, 2.45) is 0 Å². The first-order valence-electron chi connectivity index (χ1n) is 7.30. The van der Waals surface area contributed by atoms with Crippen LogP contribution in [0.5, 0.6) is 0 Å². The first kappa shape index (κ1) is 19.8. The molecule has 1 amide bonds. The number of thiophene rings is 1. The summed E-state index contributed by atoms with van der Waals surface area (Å²) in [5.74, 6) is -1.05. The van der Waals surface area contributed by atoms with Crippen molar-refractivity contribution in [1.29, 1.82) is 0 Å². The summed E-state index contributed by atoms with van der Waals surface area (Å²) in [6, 6.07) is 1.64. The topological polar surface area (TPSA) is 90.9 Å². The fourth-order valence-electron chi connectivity index (χ4n) is 1.83. The number of carbonyl (C=O) groups excluding carboxylic acids is 2. The van der Waals surface area contributed by atoms with Crippen molar-refractivity contribution in [3.8, 4) is 0 Å². The predicted molar refractivity (Wildman–Crippen MR) is 89.4 cm³/mol. The van der Waals surface area contributed by atoms with Crippen molar-refractivity contribution >= 4 is 35.8 Å². The van der Waals surface area contributed by atoms with Crippen molar-refractivity contribution in [3.63, 3.8) is 0 Å². The quantitative estimate of drug-likeness (QED) is 0.534. The highest BCUT2D eigenvalue weighted by Crippen LogP contribution is 2.47. The second-order valence-electron chi connectivity index (χ2n) is 4.47. The SMILES string of the molecule is CCOC(=O)c1cc(C)sc1NC(=O)CP(=O)(OCC)OCC. The zero-order chi connectivity index (χ0) is 17.5. The average molecular weight is 363 g/mol. The number of rotatable bonds is 9. The van der Waals surface area contributed by atoms with Gasteiger partial charge in [0.2, 0.25) is 5.91 Å². The van der Waals surface area contributed by atoms with Crippen molar-refractivity contribution in [3.05, 3.63) is 16.5 Å². The van der Waals surface area contributed by atoms with Crippen LogP contribution in [0.4, 0.5) is 5.00 Å². The third-order valence-corrected chi connectivity index (χ3v) is 5.54. The van der Waals surface area contributed by atoms with Crippen LogP contribution < -0.4 is 5.32 Å². The van der Waals surface area contributed by atoms with Gasteiger partial charge in [-0.25, -0.2) is 4.79 Å². The number of carbonyl (C=O) groups is 2. The van der Waals surface area contributed by atoms with Gasteiger partial charge in [0.1, 0.15) is 11.2 Å². The summed E-state index contributed by atoms with van der Waals surface area (Å²) in [5, 5.41) is 2.96. The lowest BCUT2D eigenvalue weighted by atomic mass is 10.3. The molecular weight excluding hydrogens is 341 g/mol. The molecule has 0 spiro atoms. The van der Waals surface area contributed by atoms with Crippen LogP contribution in [0, 0.1) is 6.92 Å². The lowest BCUT2D eigenvalue weighted by molar-refractivity contribution is -0.114. The Hall–Kier alpha value is -1.21. The zero-order valence-corrected chi connectivity index (χ0v) is 15.4. The van der Waals surface area contributed by atoms with Gasteiger partial charge in [-0.3, -0.25) is 9.36 Å². The Morgan fingerprint density at radius 2 is 1.78 bits per heavy atom. The Morgan fingerprint density at radius 1 is 1.17 bits per heavy atom. The highest BCUT2D eigenvalue weighted by molar-refractivity contribution is 7.54. The van der Waals surface area contributed by atoms with E-state index in [0.717, 1.165) is 4.88 Å². The number of esters is 1. The normalized spacial score (nSPS) is 11.3. The Bertz CT molecular complexity index is 590. The molecule has 7 nitrogen and oxygen atoms in total. The molecule has 1 rings (SSSR count). The third kappa shape index (κ3) is 6.06. The summed E-state index contributed by atoms with van der Waals surface area (Å²) in [7, 11) is -3.48. The highest BCUT2D eigenvalue weighted by Gasteiger charge is 2.28. The van der Waals surface area contributed by atoms with E-state index in [1.807, 2.05) is 6.92 Å². The zero-order valence-electron chi connectivity index (χ0n) is 13.7. The van der Waals surface area contributed by atoms with E-state index in [4.69, 9.17) is 13.8 Å². The number of nitrogens with one attached hydrogen (secondary N) is 1. The van der Waals surface area contributed by atoms with E-state index in [0.29, 0.717) is 5.00 Å². The molecule has 0 aliphatic heterocycles. The minimum absolute atomic E-state index is 0.177. The summed E-state index contributed by atoms with van der Waals surface area (Å²) in [5.41, 5.74) is 0.283. The molecule has 0 aliphatic carbocycles. The Labute approximate surface area is 139 Å². The van der Waals surface area contributed by atoms with E-state index >= 15 is 0 Å². The molecule has 0 saturated carbocycles. The molecule has 0 aliphatic rings. The van der Waals surface area contributed by atoms with E-state index in [1.165, 1.54) is 11.3 Å². The van der Waals surface area contributed by atoms with Gasteiger partial charge >= 0.3 is 13.6 Å². The maximum Gasteiger partial charge on any atom is 0.341 e. The lowest BCUT2D eigenvalue weighted by Gasteiger charge is -2.16. The van der Waals surface area contributed by atoms with Gasteiger partial charge in [-0.05, 0) is 33.8 Å². The van der Waals surface area contributed by atoms with Crippen LogP contribution in [0.1, 0.15) is 36.0 Å². The summed E-state index contributed by atoms with van der Waals surface area (Å²) in [6.45, 7) is 7.46. The first-order valence-corrected chi connectivity index (χ1v) is 9.85. The highest BCUT2D eigenvalue weighted by atomic mass is 32.1. The second kappa shape index (κ2) is 9.17. The number of anilines is 1. The molecule has 1 N–H and O–H groups in total. The Balaban J connectivity index is 2.85. The molecule has 0 saturated heterocycles. The molecule has 9 heteroatoms. The van der Waals surface area contributed by atoms with Gasteiger partial charge in [0.15, 0.2) is 0 Å². The van der Waals surface area contributed by atoms with Gasteiger partial charge in [-0.1, -0.05) is 0 Å². The van der Waals surface area contributed by atoms with Crippen LogP contribution in [-0.2, 0) is 23.1 Å². The van der Waals surface area contributed by atoms with Crippen LogP contribution in [0.3, 0.4) is 0 Å². The number of hydrogen-bond donors (Lipinski definition) is 1. The standard InChI is InChI=1S/C14H22NO6PS/c1-5-19-14(17)11-8-10(4)23-13(11)15-12(16)9-22(18,20-6-2)21-7-3/h8H,5-7,9H2,1-4H3,(H,15,16). The third-order valence-electron chi connectivity index (χ3n) is 2.59. The average Bonchev–Trinajstić information content (AvgIpc) is 2.79. The summed E-state index contributed by atoms with van der Waals surface area (Å²) in [6.07, 6.45) is -0.409. The number of amides is 1. The largest absolute Gasteiger partial charge is 0.462 e. The summed E-state index contributed by atoms with van der Waals surface area (Å²) >= 11 is 1.25. The van der Waals surface area contributed by atoms with Crippen molar-refractivity contribution in [2.75, 3.05) is 31.3 Å². The molecule has 0 atom stereocenters. The van der Waals surface area contributed by atoms with Crippen molar-refractivity contribution in [1.82, 2.24) is 0 Å². The van der Waals surface area contributed by atoms with Gasteiger partial charge in [-0.15, -0.1) is 11.3 Å². The van der Waals surface area contributed by atoms with E-state index in [-0.39, 0.29) is 25.4 Å². The monoisotopic (exact) mass is 363 g/mol. The molecule has 1 aromatic heterocycles.